The fourth-order valence-electron chi connectivity index (χ4n) is 4.61. The van der Waals surface area contributed by atoms with Crippen LogP contribution in [0.4, 0.5) is 5.95 Å². The first kappa shape index (κ1) is 22.3. The molecule has 172 valence electrons. The number of benzene rings is 1. The summed E-state index contributed by atoms with van der Waals surface area (Å²) >= 11 is 0. The van der Waals surface area contributed by atoms with Gasteiger partial charge in [-0.15, -0.1) is 0 Å². The minimum atomic E-state index is 0.317. The van der Waals surface area contributed by atoms with Crippen molar-refractivity contribution in [2.45, 2.75) is 25.3 Å². The van der Waals surface area contributed by atoms with Crippen LogP contribution in [0.15, 0.2) is 47.7 Å². The van der Waals surface area contributed by atoms with Gasteiger partial charge in [0.05, 0.1) is 13.2 Å². The maximum absolute atomic E-state index is 5.36. The molecule has 8 nitrogen and oxygen atoms in total. The van der Waals surface area contributed by atoms with Crippen molar-refractivity contribution < 1.29 is 4.74 Å². The van der Waals surface area contributed by atoms with Crippen LogP contribution in [0.25, 0.3) is 0 Å². The summed E-state index contributed by atoms with van der Waals surface area (Å²) in [4.78, 5) is 20.5. The number of rotatable bonds is 6. The van der Waals surface area contributed by atoms with Gasteiger partial charge in [-0.1, -0.05) is 18.6 Å². The first-order valence-corrected chi connectivity index (χ1v) is 11.6. The molecule has 3 heterocycles. The Kier molecular flexibility index (Phi) is 7.77. The van der Waals surface area contributed by atoms with Gasteiger partial charge in [-0.2, -0.15) is 0 Å². The van der Waals surface area contributed by atoms with E-state index in [0.29, 0.717) is 6.04 Å². The monoisotopic (exact) mass is 437 g/mol. The summed E-state index contributed by atoms with van der Waals surface area (Å²) in [5.41, 5.74) is 1.32. The molecule has 4 rings (SSSR count). The van der Waals surface area contributed by atoms with E-state index in [1.165, 1.54) is 24.8 Å². The zero-order valence-corrected chi connectivity index (χ0v) is 19.3. The number of piperidine rings is 1. The predicted octanol–water partition coefficient (Wildman–Crippen LogP) is 2.41. The van der Waals surface area contributed by atoms with Gasteiger partial charge in [0, 0.05) is 52.2 Å². The number of hydrogen-bond acceptors (Lipinski definition) is 6. The Bertz CT molecular complexity index is 844. The lowest BCUT2D eigenvalue weighted by Crippen LogP contribution is -2.54. The van der Waals surface area contributed by atoms with Gasteiger partial charge in [-0.05, 0) is 49.7 Å². The second kappa shape index (κ2) is 11.1. The van der Waals surface area contributed by atoms with Gasteiger partial charge in [-0.25, -0.2) is 9.97 Å². The molecule has 0 aliphatic carbocycles. The number of anilines is 1. The molecule has 0 saturated carbocycles. The molecule has 8 heteroatoms. The van der Waals surface area contributed by atoms with Gasteiger partial charge >= 0.3 is 0 Å². The molecule has 2 saturated heterocycles. The second-order valence-corrected chi connectivity index (χ2v) is 8.34. The number of likely N-dealkylation sites (tertiary alicyclic amines) is 1. The van der Waals surface area contributed by atoms with E-state index in [2.05, 4.69) is 59.2 Å². The highest BCUT2D eigenvalue weighted by molar-refractivity contribution is 5.80. The normalized spacial score (nSPS) is 19.0. The maximum Gasteiger partial charge on any atom is 0.225 e. The summed E-state index contributed by atoms with van der Waals surface area (Å²) < 4.78 is 5.36. The van der Waals surface area contributed by atoms with Crippen LogP contribution in [0.3, 0.4) is 0 Å². The average Bonchev–Trinajstić information content (AvgIpc) is 2.88. The van der Waals surface area contributed by atoms with Gasteiger partial charge in [0.2, 0.25) is 5.95 Å². The van der Waals surface area contributed by atoms with Crippen molar-refractivity contribution >= 4 is 11.9 Å². The predicted molar refractivity (Wildman–Crippen MR) is 128 cm³/mol. The molecule has 1 N–H and O–H groups in total. The SMILES string of the molecule is CN=C(NCC(c1ccc(OC)cc1)N1CCCCC1)N1CCN(c2ncccn2)CC1. The topological polar surface area (TPSA) is 69.1 Å². The van der Waals surface area contributed by atoms with Crippen LogP contribution in [0.2, 0.25) is 0 Å². The first-order chi connectivity index (χ1) is 15.8. The summed E-state index contributed by atoms with van der Waals surface area (Å²) in [6, 6.07) is 10.7. The molecule has 2 aliphatic rings. The van der Waals surface area contributed by atoms with E-state index in [4.69, 9.17) is 4.74 Å². The molecule has 0 spiro atoms. The van der Waals surface area contributed by atoms with Crippen LogP contribution in [-0.4, -0.2) is 85.7 Å². The quantitative estimate of drug-likeness (QED) is 0.550. The molecular formula is C24H35N7O. The van der Waals surface area contributed by atoms with E-state index in [1.807, 2.05) is 13.1 Å². The average molecular weight is 438 g/mol. The fraction of sp³-hybridized carbons (Fsp3) is 0.542. The minimum absolute atomic E-state index is 0.317. The summed E-state index contributed by atoms with van der Waals surface area (Å²) in [6.07, 6.45) is 7.47. The largest absolute Gasteiger partial charge is 0.497 e. The smallest absolute Gasteiger partial charge is 0.225 e. The zero-order chi connectivity index (χ0) is 22.2. The van der Waals surface area contributed by atoms with E-state index in [9.17, 15) is 0 Å². The summed E-state index contributed by atoms with van der Waals surface area (Å²) in [7, 11) is 3.59. The number of guanidine groups is 1. The molecule has 0 amide bonds. The second-order valence-electron chi connectivity index (χ2n) is 8.34. The van der Waals surface area contributed by atoms with Crippen LogP contribution < -0.4 is 15.0 Å². The first-order valence-electron chi connectivity index (χ1n) is 11.6. The van der Waals surface area contributed by atoms with Crippen LogP contribution in [0.1, 0.15) is 30.9 Å². The highest BCUT2D eigenvalue weighted by Gasteiger charge is 2.25. The molecule has 2 aromatic rings. The number of methoxy groups -OCH3 is 1. The Morgan fingerprint density at radius 3 is 2.31 bits per heavy atom. The molecule has 0 bridgehead atoms. The van der Waals surface area contributed by atoms with Crippen LogP contribution >= 0.6 is 0 Å². The number of nitrogens with zero attached hydrogens (tertiary/aromatic N) is 6. The highest BCUT2D eigenvalue weighted by atomic mass is 16.5. The summed E-state index contributed by atoms with van der Waals surface area (Å²) in [5, 5.41) is 3.67. The zero-order valence-electron chi connectivity index (χ0n) is 19.3. The van der Waals surface area contributed by atoms with Crippen LogP contribution in [-0.2, 0) is 0 Å². The van der Waals surface area contributed by atoms with E-state index in [0.717, 1.165) is 63.5 Å². The molecule has 1 aromatic carbocycles. The molecule has 2 aliphatic heterocycles. The van der Waals surface area contributed by atoms with Crippen molar-refractivity contribution in [1.29, 1.82) is 0 Å². The van der Waals surface area contributed by atoms with Gasteiger partial charge < -0.3 is 19.9 Å². The van der Waals surface area contributed by atoms with Crippen molar-refractivity contribution in [3.05, 3.63) is 48.3 Å². The number of aromatic nitrogens is 2. The third-order valence-electron chi connectivity index (χ3n) is 6.41. The Morgan fingerprint density at radius 2 is 1.69 bits per heavy atom. The van der Waals surface area contributed by atoms with E-state index >= 15 is 0 Å². The Labute approximate surface area is 191 Å². The van der Waals surface area contributed by atoms with Gasteiger partial charge in [-0.3, -0.25) is 9.89 Å². The van der Waals surface area contributed by atoms with Crippen molar-refractivity contribution in [2.75, 3.05) is 64.9 Å². The molecule has 32 heavy (non-hydrogen) atoms. The molecule has 1 aromatic heterocycles. The Hall–Kier alpha value is -2.87. The van der Waals surface area contributed by atoms with Gasteiger partial charge in [0.25, 0.3) is 0 Å². The molecule has 1 unspecified atom stereocenters. The molecule has 0 radical (unpaired) electrons. The Morgan fingerprint density at radius 1 is 1.00 bits per heavy atom. The maximum atomic E-state index is 5.36. The number of ether oxygens (including phenoxy) is 1. The minimum Gasteiger partial charge on any atom is -0.497 e. The summed E-state index contributed by atoms with van der Waals surface area (Å²) in [6.45, 7) is 6.70. The van der Waals surface area contributed by atoms with Crippen LogP contribution in [0.5, 0.6) is 5.75 Å². The fourth-order valence-corrected chi connectivity index (χ4v) is 4.61. The lowest BCUT2D eigenvalue weighted by molar-refractivity contribution is 0.163. The van der Waals surface area contributed by atoms with E-state index < -0.39 is 0 Å². The lowest BCUT2D eigenvalue weighted by atomic mass is 10.0. The van der Waals surface area contributed by atoms with Crippen molar-refractivity contribution in [2.24, 2.45) is 4.99 Å². The van der Waals surface area contributed by atoms with E-state index in [-0.39, 0.29) is 0 Å². The number of hydrogen-bond donors (Lipinski definition) is 1. The van der Waals surface area contributed by atoms with Crippen LogP contribution in [0, 0.1) is 0 Å². The molecular weight excluding hydrogens is 402 g/mol. The van der Waals surface area contributed by atoms with Crippen molar-refractivity contribution in [3.8, 4) is 5.75 Å². The van der Waals surface area contributed by atoms with Gasteiger partial charge in [0.15, 0.2) is 5.96 Å². The molecule has 1 atom stereocenters. The highest BCUT2D eigenvalue weighted by Crippen LogP contribution is 2.26. The number of aliphatic imine (C=N–C) groups is 1. The van der Waals surface area contributed by atoms with Crippen molar-refractivity contribution in [1.82, 2.24) is 25.1 Å². The standard InChI is InChI=1S/C24H35N7O/c1-25-23(30-15-17-31(18-16-30)24-26-11-6-12-27-24)28-19-22(29-13-4-3-5-14-29)20-7-9-21(32-2)10-8-20/h6-12,22H,3-5,13-19H2,1-2H3,(H,25,28). The van der Waals surface area contributed by atoms with Crippen molar-refractivity contribution in [3.63, 3.8) is 0 Å². The lowest BCUT2D eigenvalue weighted by Gasteiger charge is -2.38. The Balaban J connectivity index is 1.38. The summed E-state index contributed by atoms with van der Waals surface area (Å²) in [5.74, 6) is 2.67. The van der Waals surface area contributed by atoms with Gasteiger partial charge in [0.1, 0.15) is 5.75 Å². The number of nitrogens with one attached hydrogen (secondary N) is 1. The third-order valence-corrected chi connectivity index (χ3v) is 6.41. The molecule has 2 fully saturated rings. The number of piperazine rings is 1. The third kappa shape index (κ3) is 5.48. The van der Waals surface area contributed by atoms with E-state index in [1.54, 1.807) is 19.5 Å².